The molecule has 2 aromatic rings. The first-order valence-electron chi connectivity index (χ1n) is 5.99. The van der Waals surface area contributed by atoms with Crippen LogP contribution in [0, 0.1) is 6.92 Å². The molecule has 2 amide bonds. The van der Waals surface area contributed by atoms with Gasteiger partial charge in [0.05, 0.1) is 16.9 Å². The normalized spacial score (nSPS) is 10.0. The number of anilines is 2. The summed E-state index contributed by atoms with van der Waals surface area (Å²) in [5.74, 6) is -1.12. The van der Waals surface area contributed by atoms with Crippen molar-refractivity contribution in [1.29, 1.82) is 0 Å². The third-order valence-electron chi connectivity index (χ3n) is 2.66. The quantitative estimate of drug-likeness (QED) is 0.810. The topological polar surface area (TPSA) is 91.3 Å². The zero-order valence-electron chi connectivity index (χ0n) is 11.1. The summed E-state index contributed by atoms with van der Waals surface area (Å²) in [5, 5.41) is 14.3. The fraction of sp³-hybridized carbons (Fsp3) is 0.0714. The lowest BCUT2D eigenvalue weighted by atomic mass is 10.2. The molecular formula is C14H12ClN3O3. The van der Waals surface area contributed by atoms with Crippen molar-refractivity contribution < 1.29 is 14.7 Å². The molecule has 0 aliphatic heterocycles. The van der Waals surface area contributed by atoms with E-state index in [9.17, 15) is 9.59 Å². The Bertz CT molecular complexity index is 704. The van der Waals surface area contributed by atoms with E-state index in [0.29, 0.717) is 17.1 Å². The van der Waals surface area contributed by atoms with Crippen LogP contribution in [0.15, 0.2) is 36.5 Å². The summed E-state index contributed by atoms with van der Waals surface area (Å²) in [7, 11) is 0. The molecule has 0 aliphatic carbocycles. The van der Waals surface area contributed by atoms with Gasteiger partial charge in [0.1, 0.15) is 0 Å². The van der Waals surface area contributed by atoms with E-state index in [1.165, 1.54) is 18.2 Å². The SMILES string of the molecule is Cc1ncccc1NC(=O)Nc1cc(Cl)cc(C(=O)O)c1. The zero-order valence-corrected chi connectivity index (χ0v) is 11.8. The minimum atomic E-state index is -1.12. The van der Waals surface area contributed by atoms with Gasteiger partial charge in [-0.05, 0) is 37.3 Å². The molecule has 0 saturated carbocycles. The number of carboxylic acids is 1. The Balaban J connectivity index is 2.13. The highest BCUT2D eigenvalue weighted by Gasteiger charge is 2.09. The van der Waals surface area contributed by atoms with Gasteiger partial charge in [-0.3, -0.25) is 4.98 Å². The second kappa shape index (κ2) is 6.23. The predicted molar refractivity (Wildman–Crippen MR) is 80.0 cm³/mol. The highest BCUT2D eigenvalue weighted by atomic mass is 35.5. The molecule has 0 radical (unpaired) electrons. The Morgan fingerprint density at radius 3 is 2.67 bits per heavy atom. The number of aromatic nitrogens is 1. The van der Waals surface area contributed by atoms with Crippen LogP contribution >= 0.6 is 11.6 Å². The van der Waals surface area contributed by atoms with Crippen LogP contribution in [-0.2, 0) is 0 Å². The van der Waals surface area contributed by atoms with E-state index >= 15 is 0 Å². The molecule has 1 aromatic carbocycles. The molecule has 0 aliphatic rings. The molecule has 1 heterocycles. The summed E-state index contributed by atoms with van der Waals surface area (Å²) in [5.41, 5.74) is 1.52. The molecule has 6 nitrogen and oxygen atoms in total. The van der Waals surface area contributed by atoms with Gasteiger partial charge in [-0.15, -0.1) is 0 Å². The van der Waals surface area contributed by atoms with E-state index in [1.807, 2.05) is 0 Å². The van der Waals surface area contributed by atoms with Crippen LogP contribution in [0.4, 0.5) is 16.2 Å². The van der Waals surface area contributed by atoms with Crippen LogP contribution in [0.25, 0.3) is 0 Å². The van der Waals surface area contributed by atoms with Gasteiger partial charge in [-0.25, -0.2) is 9.59 Å². The number of carboxylic acid groups (broad SMARTS) is 1. The molecule has 0 spiro atoms. The summed E-state index contributed by atoms with van der Waals surface area (Å²) in [6.07, 6.45) is 1.62. The Hall–Kier alpha value is -2.60. The fourth-order valence-corrected chi connectivity index (χ4v) is 1.92. The van der Waals surface area contributed by atoms with E-state index in [-0.39, 0.29) is 10.6 Å². The maximum Gasteiger partial charge on any atom is 0.335 e. The molecule has 1 aromatic heterocycles. The number of urea groups is 1. The molecular weight excluding hydrogens is 294 g/mol. The van der Waals surface area contributed by atoms with Crippen LogP contribution < -0.4 is 10.6 Å². The van der Waals surface area contributed by atoms with Gasteiger partial charge in [0, 0.05) is 16.9 Å². The first-order chi connectivity index (χ1) is 9.95. The van der Waals surface area contributed by atoms with Crippen molar-refractivity contribution in [2.24, 2.45) is 0 Å². The highest BCUT2D eigenvalue weighted by molar-refractivity contribution is 6.31. The molecule has 108 valence electrons. The maximum absolute atomic E-state index is 11.9. The number of pyridine rings is 1. The van der Waals surface area contributed by atoms with Crippen LogP contribution in [0.5, 0.6) is 0 Å². The number of hydrogen-bond acceptors (Lipinski definition) is 3. The molecule has 3 N–H and O–H groups in total. The number of amides is 2. The van der Waals surface area contributed by atoms with E-state index in [0.717, 1.165) is 0 Å². The fourth-order valence-electron chi connectivity index (χ4n) is 1.69. The van der Waals surface area contributed by atoms with E-state index < -0.39 is 12.0 Å². The molecule has 21 heavy (non-hydrogen) atoms. The Morgan fingerprint density at radius 1 is 1.24 bits per heavy atom. The standard InChI is InChI=1S/C14H12ClN3O3/c1-8-12(3-2-4-16-8)18-14(21)17-11-6-9(13(19)20)5-10(15)7-11/h2-7H,1H3,(H,19,20)(H2,17,18,21). The van der Waals surface area contributed by atoms with Crippen molar-refractivity contribution in [2.45, 2.75) is 6.92 Å². The molecule has 2 rings (SSSR count). The monoisotopic (exact) mass is 305 g/mol. The third-order valence-corrected chi connectivity index (χ3v) is 2.88. The molecule has 0 fully saturated rings. The number of nitrogens with zero attached hydrogens (tertiary/aromatic N) is 1. The van der Waals surface area contributed by atoms with Crippen molar-refractivity contribution in [3.05, 3.63) is 52.8 Å². The Morgan fingerprint density at radius 2 is 2.00 bits per heavy atom. The van der Waals surface area contributed by atoms with E-state index in [4.69, 9.17) is 16.7 Å². The predicted octanol–water partition coefficient (Wildman–Crippen LogP) is 3.39. The van der Waals surface area contributed by atoms with Crippen molar-refractivity contribution in [3.63, 3.8) is 0 Å². The molecule has 0 bridgehead atoms. The maximum atomic E-state index is 11.9. The average Bonchev–Trinajstić information content (AvgIpc) is 2.40. The average molecular weight is 306 g/mol. The Labute approximate surface area is 125 Å². The number of rotatable bonds is 3. The number of hydrogen-bond donors (Lipinski definition) is 3. The number of carbonyl (C=O) groups excluding carboxylic acids is 1. The van der Waals surface area contributed by atoms with Crippen LogP contribution in [-0.4, -0.2) is 22.1 Å². The summed E-state index contributed by atoms with van der Waals surface area (Å²) in [4.78, 5) is 26.9. The number of aromatic carboxylic acids is 1. The number of benzene rings is 1. The number of carbonyl (C=O) groups is 2. The minimum absolute atomic E-state index is 0.00430. The number of halogens is 1. The third kappa shape index (κ3) is 3.93. The van der Waals surface area contributed by atoms with Gasteiger partial charge in [-0.2, -0.15) is 0 Å². The van der Waals surface area contributed by atoms with Crippen LogP contribution in [0.1, 0.15) is 16.1 Å². The summed E-state index contributed by atoms with van der Waals surface area (Å²) >= 11 is 5.82. The first kappa shape index (κ1) is 14.8. The molecule has 0 unspecified atom stereocenters. The minimum Gasteiger partial charge on any atom is -0.478 e. The number of nitrogens with one attached hydrogen (secondary N) is 2. The van der Waals surface area contributed by atoms with E-state index in [1.54, 1.807) is 25.3 Å². The van der Waals surface area contributed by atoms with Gasteiger partial charge in [-0.1, -0.05) is 11.6 Å². The summed E-state index contributed by atoms with van der Waals surface area (Å²) < 4.78 is 0. The number of aryl methyl sites for hydroxylation is 1. The van der Waals surface area contributed by atoms with Crippen LogP contribution in [0.3, 0.4) is 0 Å². The van der Waals surface area contributed by atoms with Gasteiger partial charge in [0.2, 0.25) is 0 Å². The molecule has 7 heteroatoms. The second-order valence-corrected chi connectivity index (χ2v) is 4.69. The van der Waals surface area contributed by atoms with E-state index in [2.05, 4.69) is 15.6 Å². The van der Waals surface area contributed by atoms with Crippen molar-refractivity contribution in [1.82, 2.24) is 4.98 Å². The lowest BCUT2D eigenvalue weighted by Crippen LogP contribution is -2.20. The Kier molecular flexibility index (Phi) is 4.39. The lowest BCUT2D eigenvalue weighted by molar-refractivity contribution is 0.0697. The van der Waals surface area contributed by atoms with Crippen molar-refractivity contribution in [2.75, 3.05) is 10.6 Å². The first-order valence-corrected chi connectivity index (χ1v) is 6.37. The van der Waals surface area contributed by atoms with Gasteiger partial charge < -0.3 is 15.7 Å². The molecule has 0 atom stereocenters. The zero-order chi connectivity index (χ0) is 15.4. The largest absolute Gasteiger partial charge is 0.478 e. The van der Waals surface area contributed by atoms with Crippen LogP contribution in [0.2, 0.25) is 5.02 Å². The lowest BCUT2D eigenvalue weighted by Gasteiger charge is -2.10. The summed E-state index contributed by atoms with van der Waals surface area (Å²) in [6, 6.07) is 6.99. The second-order valence-electron chi connectivity index (χ2n) is 4.25. The van der Waals surface area contributed by atoms with Gasteiger partial charge >= 0.3 is 12.0 Å². The van der Waals surface area contributed by atoms with Crippen molar-refractivity contribution in [3.8, 4) is 0 Å². The van der Waals surface area contributed by atoms with Gasteiger partial charge in [0.25, 0.3) is 0 Å². The molecule has 0 saturated heterocycles. The smallest absolute Gasteiger partial charge is 0.335 e. The van der Waals surface area contributed by atoms with Gasteiger partial charge in [0.15, 0.2) is 0 Å². The highest BCUT2D eigenvalue weighted by Crippen LogP contribution is 2.20. The van der Waals surface area contributed by atoms with Crippen molar-refractivity contribution >= 4 is 35.0 Å². The summed E-state index contributed by atoms with van der Waals surface area (Å²) in [6.45, 7) is 1.76.